The monoisotopic (exact) mass is 228 g/mol. The van der Waals surface area contributed by atoms with Gasteiger partial charge in [-0.25, -0.2) is 0 Å². The number of allylic oxidation sites excluding steroid dienone is 6. The predicted molar refractivity (Wildman–Crippen MR) is 73.7 cm³/mol. The van der Waals surface area contributed by atoms with Gasteiger partial charge in [0, 0.05) is 11.8 Å². The maximum absolute atomic E-state index is 2.32. The van der Waals surface area contributed by atoms with Gasteiger partial charge in [0.1, 0.15) is 0 Å². The van der Waals surface area contributed by atoms with E-state index in [0.717, 1.165) is 23.7 Å². The molecule has 0 radical (unpaired) electrons. The van der Waals surface area contributed by atoms with Crippen molar-refractivity contribution in [2.45, 2.75) is 48.0 Å². The molecule has 0 aromatic heterocycles. The largest absolute Gasteiger partial charge is 0.0763 e. The van der Waals surface area contributed by atoms with Gasteiger partial charge in [0.25, 0.3) is 0 Å². The zero-order valence-electron chi connectivity index (χ0n) is 12.0. The summed E-state index contributed by atoms with van der Waals surface area (Å²) in [5.41, 5.74) is 10.2. The third-order valence-electron chi connectivity index (χ3n) is 5.18. The van der Waals surface area contributed by atoms with Gasteiger partial charge in [0.2, 0.25) is 0 Å². The first kappa shape index (κ1) is 11.3. The molecule has 0 aromatic rings. The van der Waals surface area contributed by atoms with Crippen LogP contribution in [0.25, 0.3) is 0 Å². The van der Waals surface area contributed by atoms with Gasteiger partial charge in [0.15, 0.2) is 0 Å². The molecule has 0 heteroatoms. The van der Waals surface area contributed by atoms with Crippen molar-refractivity contribution >= 4 is 0 Å². The molecule has 0 aromatic carbocycles. The first-order valence-electron chi connectivity index (χ1n) is 6.97. The topological polar surface area (TPSA) is 0 Å². The average Bonchev–Trinajstić information content (AvgIpc) is 2.84. The van der Waals surface area contributed by atoms with E-state index in [9.17, 15) is 0 Å². The Bertz CT molecular complexity index is 434. The van der Waals surface area contributed by atoms with Crippen LogP contribution in [0.1, 0.15) is 48.0 Å². The summed E-state index contributed by atoms with van der Waals surface area (Å²) in [7, 11) is 0. The Morgan fingerprint density at radius 3 is 1.29 bits per heavy atom. The summed E-state index contributed by atoms with van der Waals surface area (Å²) >= 11 is 0. The van der Waals surface area contributed by atoms with Crippen molar-refractivity contribution < 1.29 is 0 Å². The third kappa shape index (κ3) is 1.19. The summed E-state index contributed by atoms with van der Waals surface area (Å²) in [5.74, 6) is 3.32. The lowest BCUT2D eigenvalue weighted by molar-refractivity contribution is 0.541. The highest BCUT2D eigenvalue weighted by atomic mass is 14.7. The Balaban J connectivity index is 2.23. The van der Waals surface area contributed by atoms with Gasteiger partial charge < -0.3 is 0 Å². The molecule has 4 aliphatic carbocycles. The van der Waals surface area contributed by atoms with Gasteiger partial charge in [-0.1, -0.05) is 33.4 Å². The van der Waals surface area contributed by atoms with E-state index < -0.39 is 0 Å². The van der Waals surface area contributed by atoms with E-state index in [1.807, 2.05) is 0 Å². The lowest BCUT2D eigenvalue weighted by atomic mass is 9.86. The fourth-order valence-electron chi connectivity index (χ4n) is 5.00. The second kappa shape index (κ2) is 3.37. The van der Waals surface area contributed by atoms with E-state index in [4.69, 9.17) is 0 Å². The minimum absolute atomic E-state index is 0.796. The van der Waals surface area contributed by atoms with E-state index >= 15 is 0 Å². The second-order valence-corrected chi connectivity index (χ2v) is 6.77. The minimum atomic E-state index is 0.796. The van der Waals surface area contributed by atoms with Gasteiger partial charge in [-0.2, -0.15) is 0 Å². The molecule has 4 saturated carbocycles. The Morgan fingerprint density at radius 1 is 0.647 bits per heavy atom. The standard InChI is InChI=1S/C17H24/c1-8(2)13-11-7-12-14(9(3)4)17(11)15(10(5)6)16(12)13/h11-12,16-17H,7H2,1-6H3. The van der Waals surface area contributed by atoms with Crippen LogP contribution < -0.4 is 0 Å². The first-order chi connectivity index (χ1) is 7.95. The van der Waals surface area contributed by atoms with Crippen LogP contribution in [0.15, 0.2) is 33.4 Å². The molecule has 0 N–H and O–H groups in total. The van der Waals surface area contributed by atoms with Crippen LogP contribution in [0.4, 0.5) is 0 Å². The highest BCUT2D eigenvalue weighted by Gasteiger charge is 2.63. The second-order valence-electron chi connectivity index (χ2n) is 6.77. The number of hydrogen-bond donors (Lipinski definition) is 0. The van der Waals surface area contributed by atoms with Crippen molar-refractivity contribution in [2.75, 3.05) is 0 Å². The molecule has 0 aliphatic heterocycles. The molecule has 0 nitrogen and oxygen atoms in total. The molecule has 0 heterocycles. The summed E-state index contributed by atoms with van der Waals surface area (Å²) in [6.07, 6.45) is 1.44. The molecule has 0 spiro atoms. The summed E-state index contributed by atoms with van der Waals surface area (Å²) in [6, 6.07) is 0. The Morgan fingerprint density at radius 2 is 1.00 bits per heavy atom. The molecule has 0 amide bonds. The lowest BCUT2D eigenvalue weighted by Crippen LogP contribution is -2.08. The van der Waals surface area contributed by atoms with Crippen LogP contribution in [0, 0.1) is 23.7 Å². The highest BCUT2D eigenvalue weighted by molar-refractivity contribution is 5.57. The Hall–Kier alpha value is -0.780. The maximum Gasteiger partial charge on any atom is 0.00873 e. The van der Waals surface area contributed by atoms with E-state index in [0.29, 0.717) is 0 Å². The molecular weight excluding hydrogens is 204 g/mol. The molecule has 4 fully saturated rings. The summed E-state index contributed by atoms with van der Waals surface area (Å²) in [4.78, 5) is 0. The molecule has 4 aliphatic rings. The number of hydrogen-bond acceptors (Lipinski definition) is 0. The molecule has 4 atom stereocenters. The Kier molecular flexibility index (Phi) is 2.24. The average molecular weight is 228 g/mol. The quantitative estimate of drug-likeness (QED) is 0.518. The van der Waals surface area contributed by atoms with Crippen molar-refractivity contribution in [2.24, 2.45) is 23.7 Å². The van der Waals surface area contributed by atoms with Crippen molar-refractivity contribution in [1.82, 2.24) is 0 Å². The van der Waals surface area contributed by atoms with Crippen molar-refractivity contribution in [3.63, 3.8) is 0 Å². The normalized spacial score (nSPS) is 37.4. The molecule has 4 rings (SSSR count). The molecular formula is C17H24. The SMILES string of the molecule is CC(C)=C1C2CC3C(=C(C)C)C2C(=C(C)C)C13. The van der Waals surface area contributed by atoms with Crippen molar-refractivity contribution in [1.29, 1.82) is 0 Å². The predicted octanol–water partition coefficient (Wildman–Crippen LogP) is 4.89. The van der Waals surface area contributed by atoms with Gasteiger partial charge in [-0.3, -0.25) is 0 Å². The molecule has 92 valence electrons. The summed E-state index contributed by atoms with van der Waals surface area (Å²) in [5, 5.41) is 0. The van der Waals surface area contributed by atoms with Gasteiger partial charge >= 0.3 is 0 Å². The van der Waals surface area contributed by atoms with Crippen LogP contribution in [0.3, 0.4) is 0 Å². The van der Waals surface area contributed by atoms with Crippen LogP contribution in [0.2, 0.25) is 0 Å². The Labute approximate surface area is 105 Å². The van der Waals surface area contributed by atoms with E-state index in [2.05, 4.69) is 41.5 Å². The lowest BCUT2D eigenvalue weighted by Gasteiger charge is -2.18. The van der Waals surface area contributed by atoms with Crippen LogP contribution >= 0.6 is 0 Å². The zero-order chi connectivity index (χ0) is 12.5. The molecule has 4 unspecified atom stereocenters. The van der Waals surface area contributed by atoms with E-state index in [1.54, 1.807) is 33.4 Å². The van der Waals surface area contributed by atoms with Crippen LogP contribution in [0.5, 0.6) is 0 Å². The summed E-state index contributed by atoms with van der Waals surface area (Å²) in [6.45, 7) is 13.9. The van der Waals surface area contributed by atoms with Crippen molar-refractivity contribution in [3.05, 3.63) is 33.4 Å². The van der Waals surface area contributed by atoms with Gasteiger partial charge in [-0.05, 0) is 59.8 Å². The zero-order valence-corrected chi connectivity index (χ0v) is 12.0. The first-order valence-corrected chi connectivity index (χ1v) is 6.97. The van der Waals surface area contributed by atoms with Gasteiger partial charge in [0.05, 0.1) is 0 Å². The van der Waals surface area contributed by atoms with E-state index in [1.165, 1.54) is 6.42 Å². The smallest absolute Gasteiger partial charge is 0.00873 e. The minimum Gasteiger partial charge on any atom is -0.0763 e. The van der Waals surface area contributed by atoms with Crippen molar-refractivity contribution in [3.8, 4) is 0 Å². The fourth-order valence-corrected chi connectivity index (χ4v) is 5.00. The molecule has 17 heavy (non-hydrogen) atoms. The number of rotatable bonds is 0. The fraction of sp³-hybridized carbons (Fsp3) is 0.647. The van der Waals surface area contributed by atoms with Crippen LogP contribution in [-0.2, 0) is 0 Å². The highest BCUT2D eigenvalue weighted by Crippen LogP contribution is 2.72. The summed E-state index contributed by atoms with van der Waals surface area (Å²) < 4.78 is 0. The molecule has 4 bridgehead atoms. The molecule has 0 saturated heterocycles. The maximum atomic E-state index is 2.32. The third-order valence-corrected chi connectivity index (χ3v) is 5.18. The van der Waals surface area contributed by atoms with Gasteiger partial charge in [-0.15, -0.1) is 0 Å². The van der Waals surface area contributed by atoms with Crippen LogP contribution in [-0.4, -0.2) is 0 Å². The van der Waals surface area contributed by atoms with E-state index in [-0.39, 0.29) is 0 Å².